The van der Waals surface area contributed by atoms with Gasteiger partial charge in [0.15, 0.2) is 0 Å². The van der Waals surface area contributed by atoms with Gasteiger partial charge in [0.25, 0.3) is 0 Å². The lowest BCUT2D eigenvalue weighted by Crippen LogP contribution is -2.15. The van der Waals surface area contributed by atoms with Gasteiger partial charge in [0.05, 0.1) is 12.1 Å². The zero-order valence-corrected chi connectivity index (χ0v) is 12.1. The quantitative estimate of drug-likeness (QED) is 0.339. The van der Waals surface area contributed by atoms with Crippen LogP contribution in [0.4, 0.5) is 0 Å². The summed E-state index contributed by atoms with van der Waals surface area (Å²) in [7, 11) is 0. The summed E-state index contributed by atoms with van der Waals surface area (Å²) in [6.45, 7) is 3.44. The second kappa shape index (κ2) is 13.5. The van der Waals surface area contributed by atoms with Crippen molar-refractivity contribution in [1.29, 1.82) is 0 Å². The van der Waals surface area contributed by atoms with Crippen molar-refractivity contribution in [1.82, 2.24) is 0 Å². The van der Waals surface area contributed by atoms with E-state index in [1.54, 1.807) is 13.8 Å². The second-order valence-electron chi connectivity index (χ2n) is 3.77. The maximum absolute atomic E-state index is 9.06. The van der Waals surface area contributed by atoms with Crippen molar-refractivity contribution < 1.29 is 5.11 Å². The topological polar surface area (TPSA) is 69.0 Å². The Morgan fingerprint density at radius 2 is 1.38 bits per heavy atom. The lowest BCUT2D eigenvalue weighted by molar-refractivity contribution is 0.165. The summed E-state index contributed by atoms with van der Waals surface area (Å²) in [5, 5.41) is 12.5. The van der Waals surface area contributed by atoms with E-state index in [4.69, 9.17) is 10.6 Å². The van der Waals surface area contributed by atoms with Crippen LogP contribution in [-0.4, -0.2) is 17.3 Å². The molecular weight excluding hydrogens is 262 g/mol. The molecule has 4 heteroatoms. The smallest absolute Gasteiger partial charge is 0.0633 e. The molecular formula is C17H15N3O. The number of azide groups is 1. The van der Waals surface area contributed by atoms with Crippen molar-refractivity contribution in [2.75, 3.05) is 0 Å². The van der Waals surface area contributed by atoms with E-state index in [-0.39, 0.29) is 12.1 Å². The summed E-state index contributed by atoms with van der Waals surface area (Å²) in [6.07, 6.45) is 2.21. The van der Waals surface area contributed by atoms with E-state index < -0.39 is 0 Å². The van der Waals surface area contributed by atoms with Gasteiger partial charge >= 0.3 is 0 Å². The molecule has 0 amide bonds. The Hall–Kier alpha value is -2.93. The number of hydrogen-bond donors (Lipinski definition) is 1. The molecule has 2 atom stereocenters. The molecule has 104 valence electrons. The normalized spacial score (nSPS) is 16.7. The summed E-state index contributed by atoms with van der Waals surface area (Å²) in [5.74, 6) is 25.6. The van der Waals surface area contributed by atoms with Gasteiger partial charge in [-0.2, -0.15) is 0 Å². The Bertz CT molecular complexity index is 633. The molecule has 0 aliphatic heterocycles. The molecule has 0 aromatic carbocycles. The standard InChI is InChI=1S/C12H6.C5H9N3O/c1-3-5-7-9-11-12-10-8-6-4-2;6-8-7-4-2-1-3-5(4)9/h1-2H3;4-5,9H,1-3H2/t;4-,5-/m.1/s1. The molecule has 1 saturated carbocycles. The Balaban J connectivity index is 0.000000394. The average Bonchev–Trinajstić information content (AvgIpc) is 2.89. The summed E-state index contributed by atoms with van der Waals surface area (Å²) in [4.78, 5) is 2.63. The predicted molar refractivity (Wildman–Crippen MR) is 83.0 cm³/mol. The highest BCUT2D eigenvalue weighted by atomic mass is 16.3. The predicted octanol–water partition coefficient (Wildman–Crippen LogP) is 2.25. The number of aliphatic hydroxyl groups excluding tert-OH is 1. The van der Waals surface area contributed by atoms with Gasteiger partial charge in [0.1, 0.15) is 0 Å². The lowest BCUT2D eigenvalue weighted by atomic mass is 10.2. The highest BCUT2D eigenvalue weighted by molar-refractivity contribution is 5.42. The lowest BCUT2D eigenvalue weighted by Gasteiger charge is -2.04. The van der Waals surface area contributed by atoms with Crippen LogP contribution in [0.15, 0.2) is 5.11 Å². The molecule has 1 aliphatic carbocycles. The molecule has 0 unspecified atom stereocenters. The van der Waals surface area contributed by atoms with Gasteiger partial charge in [-0.25, -0.2) is 0 Å². The molecule has 21 heavy (non-hydrogen) atoms. The van der Waals surface area contributed by atoms with E-state index >= 15 is 0 Å². The zero-order chi connectivity index (χ0) is 15.8. The van der Waals surface area contributed by atoms with Crippen LogP contribution in [0.5, 0.6) is 0 Å². The first kappa shape index (κ1) is 18.1. The van der Waals surface area contributed by atoms with Gasteiger partial charge in [0, 0.05) is 4.91 Å². The third-order valence-electron chi connectivity index (χ3n) is 2.33. The first-order valence-electron chi connectivity index (χ1n) is 6.32. The fourth-order valence-electron chi connectivity index (χ4n) is 1.43. The molecule has 0 spiro atoms. The first-order valence-corrected chi connectivity index (χ1v) is 6.32. The molecule has 0 saturated heterocycles. The van der Waals surface area contributed by atoms with Crippen LogP contribution >= 0.6 is 0 Å². The second-order valence-corrected chi connectivity index (χ2v) is 3.77. The van der Waals surface area contributed by atoms with Crippen molar-refractivity contribution in [3.05, 3.63) is 10.4 Å². The van der Waals surface area contributed by atoms with Crippen LogP contribution in [0.3, 0.4) is 0 Å². The van der Waals surface area contributed by atoms with Crippen molar-refractivity contribution in [3.63, 3.8) is 0 Å². The first-order chi connectivity index (χ1) is 10.3. The number of aliphatic hydroxyl groups is 1. The van der Waals surface area contributed by atoms with Crippen molar-refractivity contribution in [2.24, 2.45) is 5.11 Å². The zero-order valence-electron chi connectivity index (χ0n) is 12.1. The summed E-state index contributed by atoms with van der Waals surface area (Å²) < 4.78 is 0. The fraction of sp³-hybridized carbons (Fsp3) is 0.412. The van der Waals surface area contributed by atoms with Crippen LogP contribution in [0.1, 0.15) is 33.1 Å². The molecule has 1 rings (SSSR count). The highest BCUT2D eigenvalue weighted by Gasteiger charge is 2.23. The number of hydrogen-bond acceptors (Lipinski definition) is 2. The monoisotopic (exact) mass is 277 g/mol. The van der Waals surface area contributed by atoms with E-state index in [0.717, 1.165) is 19.3 Å². The summed E-state index contributed by atoms with van der Waals surface area (Å²) in [5.41, 5.74) is 7.99. The van der Waals surface area contributed by atoms with Gasteiger partial charge < -0.3 is 5.11 Å². The van der Waals surface area contributed by atoms with Crippen LogP contribution in [0.25, 0.3) is 10.4 Å². The Morgan fingerprint density at radius 1 is 0.905 bits per heavy atom. The SMILES string of the molecule is CC#CC#CC#CC#CC#CC.[N-]=[N+]=N[C@@H]1CCC[C@H]1O. The molecule has 1 N–H and O–H groups in total. The summed E-state index contributed by atoms with van der Waals surface area (Å²) >= 11 is 0. The Morgan fingerprint density at radius 3 is 1.71 bits per heavy atom. The van der Waals surface area contributed by atoms with Gasteiger partial charge in [-0.1, -0.05) is 23.4 Å². The van der Waals surface area contributed by atoms with E-state index in [1.165, 1.54) is 0 Å². The molecule has 0 aromatic heterocycles. The maximum Gasteiger partial charge on any atom is 0.0633 e. The van der Waals surface area contributed by atoms with Gasteiger partial charge in [-0.3, -0.25) is 0 Å². The fourth-order valence-corrected chi connectivity index (χ4v) is 1.43. The van der Waals surface area contributed by atoms with E-state index in [1.807, 2.05) is 0 Å². The van der Waals surface area contributed by atoms with E-state index in [0.29, 0.717) is 0 Å². The molecule has 1 fully saturated rings. The Labute approximate surface area is 126 Å². The third kappa shape index (κ3) is 10.7. The highest BCUT2D eigenvalue weighted by Crippen LogP contribution is 2.21. The summed E-state index contributed by atoms with van der Waals surface area (Å²) in [6, 6.07) is -0.157. The number of rotatable bonds is 1. The minimum Gasteiger partial charge on any atom is -0.393 e. The largest absolute Gasteiger partial charge is 0.393 e. The number of nitrogens with zero attached hydrogens (tertiary/aromatic N) is 3. The van der Waals surface area contributed by atoms with Crippen LogP contribution < -0.4 is 0 Å². The average molecular weight is 277 g/mol. The minimum atomic E-state index is -0.388. The van der Waals surface area contributed by atoms with Gasteiger partial charge in [0.2, 0.25) is 0 Å². The maximum atomic E-state index is 9.06. The van der Waals surface area contributed by atoms with Crippen LogP contribution in [0, 0.1) is 59.2 Å². The van der Waals surface area contributed by atoms with Crippen molar-refractivity contribution >= 4 is 0 Å². The molecule has 0 aromatic rings. The molecule has 0 radical (unpaired) electrons. The molecule has 0 bridgehead atoms. The van der Waals surface area contributed by atoms with E-state index in [9.17, 15) is 0 Å². The van der Waals surface area contributed by atoms with Crippen LogP contribution in [-0.2, 0) is 0 Å². The van der Waals surface area contributed by atoms with Crippen molar-refractivity contribution in [3.8, 4) is 59.2 Å². The molecule has 4 nitrogen and oxygen atoms in total. The van der Waals surface area contributed by atoms with Gasteiger partial charge in [-0.15, -0.1) is 0 Å². The minimum absolute atomic E-state index is 0.157. The molecule has 1 aliphatic rings. The van der Waals surface area contributed by atoms with Crippen molar-refractivity contribution in [2.45, 2.75) is 45.3 Å². The molecule has 0 heterocycles. The van der Waals surface area contributed by atoms with Gasteiger partial charge in [-0.05, 0) is 79.6 Å². The van der Waals surface area contributed by atoms with Crippen LogP contribution in [0.2, 0.25) is 0 Å². The van der Waals surface area contributed by atoms with E-state index in [2.05, 4.69) is 69.2 Å². The third-order valence-corrected chi connectivity index (χ3v) is 2.33. The Kier molecular flexibility index (Phi) is 11.6.